The van der Waals surface area contributed by atoms with E-state index >= 15 is 0 Å². The minimum Gasteiger partial charge on any atom is -0.299 e. The number of rotatable bonds is 0. The van der Waals surface area contributed by atoms with Crippen molar-refractivity contribution in [3.63, 3.8) is 0 Å². The van der Waals surface area contributed by atoms with Crippen LogP contribution in [0.5, 0.6) is 0 Å². The van der Waals surface area contributed by atoms with Crippen LogP contribution in [0.25, 0.3) is 0 Å². The molecular weight excluding hydrogens is 272 g/mol. The quantitative estimate of drug-likeness (QED) is 0.670. The van der Waals surface area contributed by atoms with Crippen LogP contribution in [0.1, 0.15) is 58.8 Å². The molecule has 4 aliphatic rings. The van der Waals surface area contributed by atoms with Crippen molar-refractivity contribution in [3.8, 4) is 0 Å². The van der Waals surface area contributed by atoms with Gasteiger partial charge in [-0.1, -0.05) is 26.0 Å². The first-order chi connectivity index (χ1) is 10.4. The van der Waals surface area contributed by atoms with Gasteiger partial charge in [0.1, 0.15) is 5.78 Å². The van der Waals surface area contributed by atoms with Gasteiger partial charge < -0.3 is 0 Å². The second-order valence-corrected chi connectivity index (χ2v) is 8.54. The summed E-state index contributed by atoms with van der Waals surface area (Å²) in [6.45, 7) is 8.89. The summed E-state index contributed by atoms with van der Waals surface area (Å²) < 4.78 is 0. The maximum absolute atomic E-state index is 12.4. The van der Waals surface area contributed by atoms with Gasteiger partial charge in [-0.05, 0) is 66.9 Å². The van der Waals surface area contributed by atoms with Crippen molar-refractivity contribution in [1.82, 2.24) is 0 Å². The molecule has 0 radical (unpaired) electrons. The molecule has 0 heterocycles. The van der Waals surface area contributed by atoms with E-state index < -0.39 is 0 Å². The smallest absolute Gasteiger partial charge is 0.156 e. The Kier molecular flexibility index (Phi) is 2.90. The van der Waals surface area contributed by atoms with Crippen LogP contribution in [0.15, 0.2) is 23.8 Å². The van der Waals surface area contributed by atoms with Crippen molar-refractivity contribution in [2.45, 2.75) is 58.8 Å². The van der Waals surface area contributed by atoms with Crippen LogP contribution in [-0.2, 0) is 9.59 Å². The summed E-state index contributed by atoms with van der Waals surface area (Å²) in [4.78, 5) is 24.3. The average Bonchev–Trinajstić information content (AvgIpc) is 2.77. The predicted molar refractivity (Wildman–Crippen MR) is 86.2 cm³/mol. The highest BCUT2D eigenvalue weighted by atomic mass is 16.1. The molecule has 3 saturated carbocycles. The molecule has 2 heteroatoms. The molecule has 0 aliphatic heterocycles. The van der Waals surface area contributed by atoms with Gasteiger partial charge in [0.05, 0.1) is 0 Å². The van der Waals surface area contributed by atoms with Crippen LogP contribution >= 0.6 is 0 Å². The van der Waals surface area contributed by atoms with Crippen molar-refractivity contribution in [1.29, 1.82) is 0 Å². The normalized spacial score (nSPS) is 47.6. The number of allylic oxidation sites excluding steroid dienone is 2. The van der Waals surface area contributed by atoms with E-state index in [0.717, 1.165) is 38.5 Å². The standard InChI is InChI=1S/C20H26O2/c1-12-10-14-15-4-5-18(22)20(15,3)9-7-16(14)19(2)8-6-13(21)11-17(12)19/h11,14-16H,1,4-10H2,2-3H3/t14?,15?,16?,19-,20+/m1/s1. The zero-order valence-electron chi connectivity index (χ0n) is 13.8. The van der Waals surface area contributed by atoms with Crippen LogP contribution in [0.4, 0.5) is 0 Å². The zero-order chi connectivity index (χ0) is 15.7. The van der Waals surface area contributed by atoms with Gasteiger partial charge in [-0.25, -0.2) is 0 Å². The lowest BCUT2D eigenvalue weighted by Crippen LogP contribution is -2.51. The SMILES string of the molecule is C=C1CC2C(CC[C@]3(C)C(=O)CCC23)[C@@]2(C)CCC(=O)C=C12. The van der Waals surface area contributed by atoms with Crippen molar-refractivity contribution in [3.05, 3.63) is 23.8 Å². The van der Waals surface area contributed by atoms with E-state index in [9.17, 15) is 9.59 Å². The maximum atomic E-state index is 12.4. The molecule has 0 aromatic carbocycles. The number of carbonyl (C=O) groups is 2. The number of hydrogen-bond donors (Lipinski definition) is 0. The molecular formula is C20H26O2. The van der Waals surface area contributed by atoms with Crippen LogP contribution < -0.4 is 0 Å². The van der Waals surface area contributed by atoms with Crippen molar-refractivity contribution in [2.24, 2.45) is 28.6 Å². The molecule has 0 spiro atoms. The third-order valence-electron chi connectivity index (χ3n) is 7.64. The van der Waals surface area contributed by atoms with E-state index in [1.165, 1.54) is 11.1 Å². The van der Waals surface area contributed by atoms with E-state index in [1.54, 1.807) is 0 Å². The molecule has 3 fully saturated rings. The first-order valence-electron chi connectivity index (χ1n) is 8.83. The molecule has 5 atom stereocenters. The van der Waals surface area contributed by atoms with Gasteiger partial charge in [0.25, 0.3) is 0 Å². The largest absolute Gasteiger partial charge is 0.299 e. The van der Waals surface area contributed by atoms with E-state index in [1.807, 2.05) is 6.08 Å². The summed E-state index contributed by atoms with van der Waals surface area (Å²) >= 11 is 0. The highest BCUT2D eigenvalue weighted by Gasteiger charge is 2.59. The predicted octanol–water partition coefficient (Wildman–Crippen LogP) is 4.25. The van der Waals surface area contributed by atoms with E-state index in [2.05, 4.69) is 20.4 Å². The fourth-order valence-electron chi connectivity index (χ4n) is 6.34. The van der Waals surface area contributed by atoms with Gasteiger partial charge in [0.2, 0.25) is 0 Å². The van der Waals surface area contributed by atoms with E-state index in [4.69, 9.17) is 0 Å². The first kappa shape index (κ1) is 14.4. The van der Waals surface area contributed by atoms with Crippen LogP contribution in [0, 0.1) is 28.6 Å². The molecule has 0 aromatic rings. The van der Waals surface area contributed by atoms with Crippen molar-refractivity contribution in [2.75, 3.05) is 0 Å². The molecule has 0 saturated heterocycles. The van der Waals surface area contributed by atoms with Crippen molar-refractivity contribution >= 4 is 11.6 Å². The van der Waals surface area contributed by atoms with Gasteiger partial charge in [0.15, 0.2) is 5.78 Å². The summed E-state index contributed by atoms with van der Waals surface area (Å²) in [6, 6.07) is 0. The van der Waals surface area contributed by atoms with Crippen LogP contribution in [0.2, 0.25) is 0 Å². The summed E-state index contributed by atoms with van der Waals surface area (Å²) in [5, 5.41) is 0. The summed E-state index contributed by atoms with van der Waals surface area (Å²) in [6.07, 6.45) is 8.54. The Labute approximate surface area is 133 Å². The number of Topliss-reactive ketones (excluding diaryl/α,β-unsaturated/α-hetero) is 1. The van der Waals surface area contributed by atoms with Crippen molar-refractivity contribution < 1.29 is 9.59 Å². The molecule has 22 heavy (non-hydrogen) atoms. The Hall–Kier alpha value is -1.18. The molecule has 4 rings (SSSR count). The zero-order valence-corrected chi connectivity index (χ0v) is 13.8. The summed E-state index contributed by atoms with van der Waals surface area (Å²) in [5.41, 5.74) is 2.43. The Bertz CT molecular complexity index is 613. The summed E-state index contributed by atoms with van der Waals surface area (Å²) in [5.74, 6) is 2.51. The number of hydrogen-bond acceptors (Lipinski definition) is 2. The molecule has 3 unspecified atom stereocenters. The Morgan fingerprint density at radius 1 is 1.05 bits per heavy atom. The lowest BCUT2D eigenvalue weighted by atomic mass is 9.47. The second kappa shape index (κ2) is 4.43. The van der Waals surface area contributed by atoms with Gasteiger partial charge in [-0.3, -0.25) is 9.59 Å². The Morgan fingerprint density at radius 3 is 2.55 bits per heavy atom. The topological polar surface area (TPSA) is 34.1 Å². The maximum Gasteiger partial charge on any atom is 0.156 e. The fraction of sp³-hybridized carbons (Fsp3) is 0.700. The lowest BCUT2D eigenvalue weighted by molar-refractivity contribution is -0.132. The number of ketones is 2. The first-order valence-corrected chi connectivity index (χ1v) is 8.83. The molecule has 0 aromatic heterocycles. The van der Waals surface area contributed by atoms with E-state index in [-0.39, 0.29) is 16.6 Å². The monoisotopic (exact) mass is 298 g/mol. The third kappa shape index (κ3) is 1.67. The van der Waals surface area contributed by atoms with Crippen LogP contribution in [0.3, 0.4) is 0 Å². The average molecular weight is 298 g/mol. The molecule has 0 bridgehead atoms. The fourth-order valence-corrected chi connectivity index (χ4v) is 6.34. The van der Waals surface area contributed by atoms with Gasteiger partial charge in [-0.2, -0.15) is 0 Å². The number of fused-ring (bicyclic) bond motifs is 5. The summed E-state index contributed by atoms with van der Waals surface area (Å²) in [7, 11) is 0. The molecule has 4 aliphatic carbocycles. The lowest BCUT2D eigenvalue weighted by Gasteiger charge is -2.57. The van der Waals surface area contributed by atoms with Gasteiger partial charge in [-0.15, -0.1) is 0 Å². The Morgan fingerprint density at radius 2 is 1.77 bits per heavy atom. The second-order valence-electron chi connectivity index (χ2n) is 8.54. The molecule has 2 nitrogen and oxygen atoms in total. The highest BCUT2D eigenvalue weighted by molar-refractivity contribution is 5.92. The highest BCUT2D eigenvalue weighted by Crippen LogP contribution is 2.65. The molecule has 118 valence electrons. The molecule has 0 N–H and O–H groups in total. The van der Waals surface area contributed by atoms with Gasteiger partial charge in [0, 0.05) is 18.3 Å². The Balaban J connectivity index is 1.76. The third-order valence-corrected chi connectivity index (χ3v) is 7.64. The van der Waals surface area contributed by atoms with Crippen LogP contribution in [-0.4, -0.2) is 11.6 Å². The minimum absolute atomic E-state index is 0.0799. The number of carbonyl (C=O) groups excluding carboxylic acids is 2. The molecule has 0 amide bonds. The van der Waals surface area contributed by atoms with E-state index in [0.29, 0.717) is 30.0 Å². The minimum atomic E-state index is -0.0799. The van der Waals surface area contributed by atoms with Gasteiger partial charge >= 0.3 is 0 Å².